The zero-order valence-corrected chi connectivity index (χ0v) is 10.1. The van der Waals surface area contributed by atoms with Gasteiger partial charge in [-0.25, -0.2) is 8.78 Å². The highest BCUT2D eigenvalue weighted by atomic mass is 35.5. The third-order valence-corrected chi connectivity index (χ3v) is 2.54. The molecule has 0 bridgehead atoms. The molecular formula is C11H15ClF2N2. The van der Waals surface area contributed by atoms with E-state index in [9.17, 15) is 8.78 Å². The highest BCUT2D eigenvalue weighted by Crippen LogP contribution is 2.29. The smallest absolute Gasteiger partial charge is 0.255 e. The summed E-state index contributed by atoms with van der Waals surface area (Å²) in [6.07, 6.45) is -2.37. The van der Waals surface area contributed by atoms with Gasteiger partial charge in [-0.15, -0.1) is 0 Å². The maximum atomic E-state index is 12.3. The average Bonchev–Trinajstić information content (AvgIpc) is 2.16. The Morgan fingerprint density at radius 3 is 2.69 bits per heavy atom. The molecule has 0 spiro atoms. The molecule has 0 amide bonds. The van der Waals surface area contributed by atoms with E-state index in [0.29, 0.717) is 17.3 Å². The fourth-order valence-electron chi connectivity index (χ4n) is 1.62. The minimum Gasteiger partial charge on any atom is -0.367 e. The molecule has 0 atom stereocenters. The highest BCUT2D eigenvalue weighted by Gasteiger charge is 2.14. The van der Waals surface area contributed by atoms with Crippen LogP contribution in [0.1, 0.15) is 5.56 Å². The molecule has 1 aromatic rings. The molecular weight excluding hydrogens is 234 g/mol. The van der Waals surface area contributed by atoms with Crippen molar-refractivity contribution in [1.29, 1.82) is 0 Å². The molecule has 0 aliphatic heterocycles. The summed E-state index contributed by atoms with van der Waals surface area (Å²) in [6.45, 7) is 0.282. The second kappa shape index (κ2) is 6.01. The molecule has 0 fully saturated rings. The van der Waals surface area contributed by atoms with Crippen molar-refractivity contribution in [2.24, 2.45) is 0 Å². The van der Waals surface area contributed by atoms with E-state index in [1.807, 2.05) is 12.1 Å². The Labute approximate surface area is 99.2 Å². The van der Waals surface area contributed by atoms with Crippen LogP contribution in [-0.4, -0.2) is 27.1 Å². The van der Waals surface area contributed by atoms with Crippen molar-refractivity contribution in [2.75, 3.05) is 25.5 Å². The summed E-state index contributed by atoms with van der Waals surface area (Å²) >= 11 is 6.03. The number of para-hydroxylation sites is 1. The second-order valence-corrected chi connectivity index (χ2v) is 3.96. The van der Waals surface area contributed by atoms with E-state index < -0.39 is 6.43 Å². The summed E-state index contributed by atoms with van der Waals surface area (Å²) in [5, 5.41) is 3.48. The van der Waals surface area contributed by atoms with Crippen LogP contribution in [0.4, 0.5) is 14.5 Å². The van der Waals surface area contributed by atoms with Crippen LogP contribution in [-0.2, 0) is 6.54 Å². The van der Waals surface area contributed by atoms with E-state index >= 15 is 0 Å². The summed E-state index contributed by atoms with van der Waals surface area (Å²) in [5.41, 5.74) is 1.58. The Morgan fingerprint density at radius 2 is 2.12 bits per heavy atom. The second-order valence-electron chi connectivity index (χ2n) is 3.55. The molecule has 90 valence electrons. The van der Waals surface area contributed by atoms with E-state index in [0.717, 1.165) is 5.56 Å². The lowest BCUT2D eigenvalue weighted by atomic mass is 10.1. The van der Waals surface area contributed by atoms with Crippen LogP contribution in [0.2, 0.25) is 5.02 Å². The molecule has 1 rings (SSSR count). The molecule has 0 saturated heterocycles. The Balaban J connectivity index is 2.99. The molecule has 0 unspecified atom stereocenters. The fraction of sp³-hybridized carbons (Fsp3) is 0.455. The van der Waals surface area contributed by atoms with Crippen LogP contribution in [0.15, 0.2) is 18.2 Å². The molecule has 0 aliphatic carbocycles. The van der Waals surface area contributed by atoms with Crippen molar-refractivity contribution in [1.82, 2.24) is 5.32 Å². The van der Waals surface area contributed by atoms with Crippen molar-refractivity contribution < 1.29 is 8.78 Å². The topological polar surface area (TPSA) is 15.3 Å². The van der Waals surface area contributed by atoms with E-state index in [2.05, 4.69) is 5.32 Å². The average molecular weight is 249 g/mol. The normalized spacial score (nSPS) is 10.9. The van der Waals surface area contributed by atoms with E-state index in [1.165, 1.54) is 4.90 Å². The van der Waals surface area contributed by atoms with E-state index in [4.69, 9.17) is 11.6 Å². The molecule has 0 saturated carbocycles. The molecule has 0 aliphatic rings. The zero-order chi connectivity index (χ0) is 12.1. The lowest BCUT2D eigenvalue weighted by molar-refractivity contribution is 0.156. The maximum Gasteiger partial charge on any atom is 0.255 e. The van der Waals surface area contributed by atoms with Crippen molar-refractivity contribution >= 4 is 17.3 Å². The number of anilines is 1. The van der Waals surface area contributed by atoms with Gasteiger partial charge in [-0.1, -0.05) is 23.7 Å². The molecule has 1 N–H and O–H groups in total. The number of benzene rings is 1. The van der Waals surface area contributed by atoms with Gasteiger partial charge < -0.3 is 10.2 Å². The summed E-state index contributed by atoms with van der Waals surface area (Å²) in [7, 11) is 3.42. The predicted molar refractivity (Wildman–Crippen MR) is 63.5 cm³/mol. The minimum absolute atomic E-state index is 0.319. The molecule has 5 heteroatoms. The quantitative estimate of drug-likeness (QED) is 0.862. The monoisotopic (exact) mass is 248 g/mol. The van der Waals surface area contributed by atoms with Crippen molar-refractivity contribution in [3.05, 3.63) is 28.8 Å². The number of nitrogens with zero attached hydrogens (tertiary/aromatic N) is 1. The molecule has 0 aromatic heterocycles. The van der Waals surface area contributed by atoms with Crippen LogP contribution in [0.3, 0.4) is 0 Å². The molecule has 1 aromatic carbocycles. The third-order valence-electron chi connectivity index (χ3n) is 2.23. The molecule has 0 radical (unpaired) electrons. The van der Waals surface area contributed by atoms with Gasteiger partial charge in [-0.05, 0) is 18.7 Å². The number of rotatable bonds is 5. The molecule has 16 heavy (non-hydrogen) atoms. The number of hydrogen-bond acceptors (Lipinski definition) is 2. The number of hydrogen-bond donors (Lipinski definition) is 1. The first-order valence-corrected chi connectivity index (χ1v) is 5.35. The zero-order valence-electron chi connectivity index (χ0n) is 9.30. The van der Waals surface area contributed by atoms with Gasteiger partial charge in [-0.2, -0.15) is 0 Å². The Bertz CT molecular complexity index is 345. The van der Waals surface area contributed by atoms with E-state index in [-0.39, 0.29) is 6.54 Å². The highest BCUT2D eigenvalue weighted by molar-refractivity contribution is 6.33. The standard InChI is InChI=1S/C11H15ClF2N2/c1-15-6-8-4-3-5-9(12)11(8)16(2)7-10(13)14/h3-5,10,15H,6-7H2,1-2H3. The van der Waals surface area contributed by atoms with Gasteiger partial charge in [0, 0.05) is 13.6 Å². The summed E-state index contributed by atoms with van der Waals surface area (Å²) < 4.78 is 24.6. The maximum absolute atomic E-state index is 12.3. The van der Waals surface area contributed by atoms with Crippen molar-refractivity contribution in [2.45, 2.75) is 13.0 Å². The van der Waals surface area contributed by atoms with Crippen LogP contribution >= 0.6 is 11.6 Å². The Morgan fingerprint density at radius 1 is 1.44 bits per heavy atom. The van der Waals surface area contributed by atoms with Gasteiger partial charge in [-0.3, -0.25) is 0 Å². The first kappa shape index (κ1) is 13.2. The molecule has 0 heterocycles. The number of alkyl halides is 2. The van der Waals surface area contributed by atoms with E-state index in [1.54, 1.807) is 20.2 Å². The Hall–Kier alpha value is -0.870. The van der Waals surface area contributed by atoms with Gasteiger partial charge in [0.25, 0.3) is 6.43 Å². The largest absolute Gasteiger partial charge is 0.367 e. The Kier molecular flexibility index (Phi) is 4.96. The fourth-order valence-corrected chi connectivity index (χ4v) is 1.96. The summed E-state index contributed by atoms with van der Waals surface area (Å²) in [5.74, 6) is 0. The van der Waals surface area contributed by atoms with Crippen molar-refractivity contribution in [3.63, 3.8) is 0 Å². The van der Waals surface area contributed by atoms with Gasteiger partial charge in [0.05, 0.1) is 17.3 Å². The van der Waals surface area contributed by atoms with Gasteiger partial charge in [0.2, 0.25) is 0 Å². The molecule has 2 nitrogen and oxygen atoms in total. The van der Waals surface area contributed by atoms with Crippen LogP contribution in [0.25, 0.3) is 0 Å². The summed E-state index contributed by atoms with van der Waals surface area (Å²) in [4.78, 5) is 1.49. The van der Waals surface area contributed by atoms with Gasteiger partial charge >= 0.3 is 0 Å². The van der Waals surface area contributed by atoms with Crippen LogP contribution < -0.4 is 10.2 Å². The van der Waals surface area contributed by atoms with Gasteiger partial charge in [0.15, 0.2) is 0 Å². The third kappa shape index (κ3) is 3.32. The predicted octanol–water partition coefficient (Wildman–Crippen LogP) is 2.76. The van der Waals surface area contributed by atoms with Crippen LogP contribution in [0, 0.1) is 0 Å². The number of halogens is 3. The SMILES string of the molecule is CNCc1cccc(Cl)c1N(C)CC(F)F. The number of nitrogens with one attached hydrogen (secondary N) is 1. The minimum atomic E-state index is -2.37. The first-order valence-electron chi connectivity index (χ1n) is 4.97. The lowest BCUT2D eigenvalue weighted by Gasteiger charge is -2.23. The summed E-state index contributed by atoms with van der Waals surface area (Å²) in [6, 6.07) is 5.40. The lowest BCUT2D eigenvalue weighted by Crippen LogP contribution is -2.26. The van der Waals surface area contributed by atoms with Crippen molar-refractivity contribution in [3.8, 4) is 0 Å². The van der Waals surface area contributed by atoms with Gasteiger partial charge in [0.1, 0.15) is 0 Å². The first-order chi connectivity index (χ1) is 7.56. The van der Waals surface area contributed by atoms with Crippen LogP contribution in [0.5, 0.6) is 0 Å².